The van der Waals surface area contributed by atoms with Gasteiger partial charge in [0.05, 0.1) is 6.54 Å². The van der Waals surface area contributed by atoms with E-state index in [-0.39, 0.29) is 30.2 Å². The molecule has 4 rings (SSSR count). The zero-order valence-electron chi connectivity index (χ0n) is 17.1. The highest BCUT2D eigenvalue weighted by molar-refractivity contribution is 5.78. The van der Waals surface area contributed by atoms with Crippen LogP contribution in [0.1, 0.15) is 0 Å². The highest BCUT2D eigenvalue weighted by atomic mass is 19.4. The monoisotopic (exact) mass is 452 g/mol. The fourth-order valence-electron chi connectivity index (χ4n) is 3.60. The van der Waals surface area contributed by atoms with Crippen molar-refractivity contribution in [2.24, 2.45) is 14.1 Å². The quantitative estimate of drug-likeness (QED) is 0.569. The Balaban J connectivity index is 1.96. The van der Waals surface area contributed by atoms with E-state index < -0.39 is 29.6 Å². The lowest BCUT2D eigenvalue weighted by Gasteiger charge is -2.36. The number of nitrogens with one attached hydrogen (secondary N) is 1. The van der Waals surface area contributed by atoms with E-state index in [0.29, 0.717) is 12.2 Å². The molecule has 1 N–H and O–H groups in total. The van der Waals surface area contributed by atoms with Crippen LogP contribution in [0.3, 0.4) is 0 Å². The van der Waals surface area contributed by atoms with Gasteiger partial charge >= 0.3 is 17.8 Å². The molecule has 3 aromatic rings. The highest BCUT2D eigenvalue weighted by Gasteiger charge is 2.44. The number of benzene rings is 1. The number of imidazole rings is 1. The molecule has 0 aliphatic carbocycles. The molecule has 0 bridgehead atoms. The lowest BCUT2D eigenvalue weighted by molar-refractivity contribution is -0.205. The number of alkyl halides is 3. The molecule has 13 heteroatoms. The minimum absolute atomic E-state index is 0.0522. The maximum Gasteiger partial charge on any atom is 0.491 e. The van der Waals surface area contributed by atoms with Gasteiger partial charge in [0.25, 0.3) is 5.56 Å². The Hall–Kier alpha value is -3.61. The molecule has 2 aromatic heterocycles. The van der Waals surface area contributed by atoms with E-state index in [2.05, 4.69) is 10.3 Å². The molecular formula is C19H19F3N6O4. The Morgan fingerprint density at radius 1 is 1.16 bits per heavy atom. The third kappa shape index (κ3) is 3.53. The lowest BCUT2D eigenvalue weighted by Crippen LogP contribution is -2.55. The molecule has 1 aromatic carbocycles. The van der Waals surface area contributed by atoms with Crippen molar-refractivity contribution in [3.63, 3.8) is 0 Å². The zero-order valence-corrected chi connectivity index (χ0v) is 17.1. The van der Waals surface area contributed by atoms with Gasteiger partial charge in [-0.25, -0.2) is 9.59 Å². The number of halogens is 3. The molecule has 3 heterocycles. The van der Waals surface area contributed by atoms with E-state index in [9.17, 15) is 27.6 Å². The third-order valence-corrected chi connectivity index (χ3v) is 5.18. The molecule has 170 valence electrons. The average Bonchev–Trinajstić information content (AvgIpc) is 3.17. The number of aromatic nitrogens is 4. The van der Waals surface area contributed by atoms with Gasteiger partial charge < -0.3 is 15.0 Å². The number of ether oxygens (including phenoxy) is 1. The Labute approximate surface area is 178 Å². The molecule has 1 atom stereocenters. The predicted octanol–water partition coefficient (Wildman–Crippen LogP) is 0.264. The maximum absolute atomic E-state index is 13.0. The van der Waals surface area contributed by atoms with Gasteiger partial charge in [-0.3, -0.25) is 18.5 Å². The molecule has 0 radical (unpaired) electrons. The van der Waals surface area contributed by atoms with Crippen LogP contribution in [0.15, 0.2) is 39.9 Å². The molecule has 0 spiro atoms. The van der Waals surface area contributed by atoms with Gasteiger partial charge in [0.2, 0.25) is 5.95 Å². The van der Waals surface area contributed by atoms with E-state index in [1.165, 1.54) is 28.1 Å². The van der Waals surface area contributed by atoms with Crippen LogP contribution in [-0.4, -0.2) is 56.7 Å². The number of carbonyl (C=O) groups excluding carboxylic acids is 1. The summed E-state index contributed by atoms with van der Waals surface area (Å²) in [4.78, 5) is 42.7. The number of anilines is 1. The Bertz CT molecular complexity index is 1290. The SMILES string of the molecule is Cn1c(=O)c2c(nc(N3CCNCC3OC(=O)C(F)(F)F)n2-c2ccccc2)n(C)c1=O. The first kappa shape index (κ1) is 21.6. The van der Waals surface area contributed by atoms with Gasteiger partial charge in [0, 0.05) is 32.9 Å². The number of para-hydroxylation sites is 1. The highest BCUT2D eigenvalue weighted by Crippen LogP contribution is 2.28. The normalized spacial score (nSPS) is 17.0. The first-order valence-electron chi connectivity index (χ1n) is 9.60. The molecule has 1 aliphatic rings. The first-order chi connectivity index (χ1) is 15.1. The van der Waals surface area contributed by atoms with E-state index in [1.807, 2.05) is 0 Å². The molecule has 0 amide bonds. The average molecular weight is 452 g/mol. The number of hydrogen-bond acceptors (Lipinski definition) is 7. The van der Waals surface area contributed by atoms with E-state index >= 15 is 0 Å². The van der Waals surface area contributed by atoms with Gasteiger partial charge in [-0.2, -0.15) is 18.2 Å². The Kier molecular flexibility index (Phi) is 5.28. The maximum atomic E-state index is 13.0. The summed E-state index contributed by atoms with van der Waals surface area (Å²) in [6, 6.07) is 8.57. The fourth-order valence-corrected chi connectivity index (χ4v) is 3.60. The van der Waals surface area contributed by atoms with Gasteiger partial charge in [-0.15, -0.1) is 0 Å². The smallest absolute Gasteiger partial charge is 0.433 e. The van der Waals surface area contributed by atoms with Crippen LogP contribution in [-0.2, 0) is 23.6 Å². The van der Waals surface area contributed by atoms with Crippen molar-refractivity contribution in [3.8, 4) is 5.69 Å². The van der Waals surface area contributed by atoms with E-state index in [0.717, 1.165) is 4.57 Å². The van der Waals surface area contributed by atoms with Crippen molar-refractivity contribution < 1.29 is 22.7 Å². The zero-order chi connectivity index (χ0) is 23.2. The van der Waals surface area contributed by atoms with Crippen molar-refractivity contribution in [2.75, 3.05) is 24.5 Å². The van der Waals surface area contributed by atoms with Crippen LogP contribution in [0.5, 0.6) is 0 Å². The summed E-state index contributed by atoms with van der Waals surface area (Å²) in [5.74, 6) is -2.26. The summed E-state index contributed by atoms with van der Waals surface area (Å²) in [5, 5.41) is 2.88. The van der Waals surface area contributed by atoms with Crippen LogP contribution < -0.4 is 21.5 Å². The third-order valence-electron chi connectivity index (χ3n) is 5.18. The van der Waals surface area contributed by atoms with Crippen molar-refractivity contribution in [1.29, 1.82) is 0 Å². The number of esters is 1. The second-order valence-corrected chi connectivity index (χ2v) is 7.22. The van der Waals surface area contributed by atoms with Crippen LogP contribution in [0, 0.1) is 0 Å². The second-order valence-electron chi connectivity index (χ2n) is 7.22. The molecule has 1 fully saturated rings. The minimum Gasteiger partial charge on any atom is -0.433 e. The van der Waals surface area contributed by atoms with Crippen LogP contribution in [0.25, 0.3) is 16.9 Å². The molecule has 1 aliphatic heterocycles. The number of fused-ring (bicyclic) bond motifs is 1. The topological polar surface area (TPSA) is 103 Å². The lowest BCUT2D eigenvalue weighted by atomic mass is 10.3. The molecule has 1 saturated heterocycles. The number of piperazine rings is 1. The summed E-state index contributed by atoms with van der Waals surface area (Å²) in [6.07, 6.45) is -6.50. The standard InChI is InChI=1S/C19H19F3N6O4/c1-25-14-13(15(29)26(2)18(25)31)28(11-6-4-3-5-7-11)17(24-14)27-9-8-23-10-12(27)32-16(30)19(20,21)22/h3-7,12,23H,8-10H2,1-2H3. The first-order valence-corrected chi connectivity index (χ1v) is 9.60. The van der Waals surface area contributed by atoms with Gasteiger partial charge in [0.15, 0.2) is 17.4 Å². The summed E-state index contributed by atoms with van der Waals surface area (Å²) in [7, 11) is 2.76. The van der Waals surface area contributed by atoms with E-state index in [4.69, 9.17) is 4.74 Å². The Morgan fingerprint density at radius 2 is 1.84 bits per heavy atom. The van der Waals surface area contributed by atoms with Crippen LogP contribution in [0.4, 0.5) is 19.1 Å². The largest absolute Gasteiger partial charge is 0.491 e. The molecule has 32 heavy (non-hydrogen) atoms. The fraction of sp³-hybridized carbons (Fsp3) is 0.368. The van der Waals surface area contributed by atoms with Crippen molar-refractivity contribution in [1.82, 2.24) is 24.0 Å². The number of aryl methyl sites for hydroxylation is 1. The van der Waals surface area contributed by atoms with Crippen LogP contribution >= 0.6 is 0 Å². The summed E-state index contributed by atoms with van der Waals surface area (Å²) < 4.78 is 46.7. The molecular weight excluding hydrogens is 433 g/mol. The van der Waals surface area contributed by atoms with Crippen LogP contribution in [0.2, 0.25) is 0 Å². The summed E-state index contributed by atoms with van der Waals surface area (Å²) >= 11 is 0. The van der Waals surface area contributed by atoms with E-state index in [1.54, 1.807) is 30.3 Å². The molecule has 10 nitrogen and oxygen atoms in total. The minimum atomic E-state index is -5.16. The van der Waals surface area contributed by atoms with Gasteiger partial charge in [0.1, 0.15) is 0 Å². The number of hydrogen-bond donors (Lipinski definition) is 1. The Morgan fingerprint density at radius 3 is 2.50 bits per heavy atom. The molecule has 0 saturated carbocycles. The van der Waals surface area contributed by atoms with Crippen molar-refractivity contribution >= 4 is 23.1 Å². The van der Waals surface area contributed by atoms with Gasteiger partial charge in [-0.1, -0.05) is 18.2 Å². The van der Waals surface area contributed by atoms with Crippen molar-refractivity contribution in [2.45, 2.75) is 12.4 Å². The molecule has 1 unspecified atom stereocenters. The van der Waals surface area contributed by atoms with Gasteiger partial charge in [-0.05, 0) is 12.1 Å². The van der Waals surface area contributed by atoms with Crippen molar-refractivity contribution in [3.05, 3.63) is 51.2 Å². The number of nitrogens with zero attached hydrogens (tertiary/aromatic N) is 5. The second kappa shape index (κ2) is 7.82. The number of rotatable bonds is 3. The number of carbonyl (C=O) groups is 1. The summed E-state index contributed by atoms with van der Waals surface area (Å²) in [6.45, 7) is 0.423. The predicted molar refractivity (Wildman–Crippen MR) is 108 cm³/mol. The summed E-state index contributed by atoms with van der Waals surface area (Å²) in [5.41, 5.74) is -0.608.